The third kappa shape index (κ3) is 2.94. The van der Waals surface area contributed by atoms with Gasteiger partial charge in [-0.1, -0.05) is 12.1 Å². The van der Waals surface area contributed by atoms with E-state index in [0.29, 0.717) is 5.65 Å². The fraction of sp³-hybridized carbons (Fsp3) is 0.0400. The van der Waals surface area contributed by atoms with Gasteiger partial charge in [0.2, 0.25) is 0 Å². The molecule has 32 heavy (non-hydrogen) atoms. The highest BCUT2D eigenvalue weighted by molar-refractivity contribution is 6.00. The van der Waals surface area contributed by atoms with Crippen molar-refractivity contribution in [3.8, 4) is 33.6 Å². The van der Waals surface area contributed by atoms with E-state index in [0.717, 1.165) is 55.5 Å². The largest absolute Gasteiger partial charge is 0.352 e. The van der Waals surface area contributed by atoms with Gasteiger partial charge in [-0.3, -0.25) is 15.1 Å². The first-order valence-corrected chi connectivity index (χ1v) is 10.2. The number of aryl methyl sites for hydroxylation is 1. The second-order valence-electron chi connectivity index (χ2n) is 7.72. The van der Waals surface area contributed by atoms with Crippen LogP contribution in [0.5, 0.6) is 0 Å². The lowest BCUT2D eigenvalue weighted by Gasteiger charge is -2.04. The molecule has 0 unspecified atom stereocenters. The van der Waals surface area contributed by atoms with Gasteiger partial charge >= 0.3 is 0 Å². The maximum atomic E-state index is 13.8. The van der Waals surface area contributed by atoms with Gasteiger partial charge in [0.15, 0.2) is 5.65 Å². The van der Waals surface area contributed by atoms with Gasteiger partial charge in [-0.25, -0.2) is 9.37 Å². The highest BCUT2D eigenvalue weighted by Gasteiger charge is 2.16. The summed E-state index contributed by atoms with van der Waals surface area (Å²) in [5, 5.41) is 9.38. The van der Waals surface area contributed by atoms with Crippen molar-refractivity contribution >= 4 is 21.9 Å². The van der Waals surface area contributed by atoms with E-state index in [1.165, 1.54) is 12.1 Å². The number of aromatic nitrogens is 6. The van der Waals surface area contributed by atoms with Crippen LogP contribution in [0.25, 0.3) is 55.6 Å². The Morgan fingerprint density at radius 2 is 1.75 bits per heavy atom. The smallest absolute Gasteiger partial charge is 0.155 e. The predicted octanol–water partition coefficient (Wildman–Crippen LogP) is 5.68. The van der Waals surface area contributed by atoms with Crippen molar-refractivity contribution in [3.05, 3.63) is 84.8 Å². The monoisotopic (exact) mass is 420 g/mol. The van der Waals surface area contributed by atoms with Crippen LogP contribution in [0, 0.1) is 12.7 Å². The van der Waals surface area contributed by atoms with Crippen molar-refractivity contribution in [1.29, 1.82) is 0 Å². The first-order chi connectivity index (χ1) is 15.7. The van der Waals surface area contributed by atoms with Gasteiger partial charge in [-0.15, -0.1) is 0 Å². The minimum Gasteiger partial charge on any atom is -0.352 e. The van der Waals surface area contributed by atoms with E-state index in [2.05, 4.69) is 43.1 Å². The second-order valence-corrected chi connectivity index (χ2v) is 7.72. The van der Waals surface area contributed by atoms with E-state index < -0.39 is 0 Å². The van der Waals surface area contributed by atoms with E-state index in [1.54, 1.807) is 24.7 Å². The van der Waals surface area contributed by atoms with Crippen LogP contribution < -0.4 is 0 Å². The average molecular weight is 420 g/mol. The minimum absolute atomic E-state index is 0.280. The molecule has 0 radical (unpaired) electrons. The summed E-state index contributed by atoms with van der Waals surface area (Å²) >= 11 is 0. The number of benzene rings is 1. The lowest BCUT2D eigenvalue weighted by molar-refractivity contribution is 0.628. The molecule has 0 amide bonds. The molecule has 0 bridgehead atoms. The molecule has 7 heteroatoms. The highest BCUT2D eigenvalue weighted by Crippen LogP contribution is 2.34. The molecule has 0 fully saturated rings. The molecule has 0 aliphatic heterocycles. The normalized spacial score (nSPS) is 11.4. The standard InChI is InChI=1S/C25H17FN6/c1-14-5-6-27-11-20(14)16-8-19-24(31-32-25(19)29-10-16)22-9-18-21(12-28-13-23(18)30-22)15-3-2-4-17(26)7-15/h2-13,30H,1H3,(H,29,31,32). The fourth-order valence-corrected chi connectivity index (χ4v) is 4.09. The van der Waals surface area contributed by atoms with Crippen LogP contribution in [0.3, 0.4) is 0 Å². The lowest BCUT2D eigenvalue weighted by atomic mass is 10.0. The summed E-state index contributed by atoms with van der Waals surface area (Å²) in [5.41, 5.74) is 7.91. The van der Waals surface area contributed by atoms with E-state index in [1.807, 2.05) is 30.6 Å². The molecule has 0 aliphatic carbocycles. The first-order valence-electron chi connectivity index (χ1n) is 10.2. The third-order valence-electron chi connectivity index (χ3n) is 5.70. The maximum Gasteiger partial charge on any atom is 0.155 e. The molecule has 6 rings (SSSR count). The van der Waals surface area contributed by atoms with Gasteiger partial charge in [0, 0.05) is 52.3 Å². The number of aromatic amines is 2. The topological polar surface area (TPSA) is 83.1 Å². The van der Waals surface area contributed by atoms with Crippen molar-refractivity contribution in [3.63, 3.8) is 0 Å². The molecule has 6 nitrogen and oxygen atoms in total. The molecular weight excluding hydrogens is 403 g/mol. The van der Waals surface area contributed by atoms with E-state index >= 15 is 0 Å². The SMILES string of the molecule is Cc1ccncc1-c1cnc2[nH]nc(-c3cc4c(-c5cccc(F)c5)cncc4[nH]3)c2c1. The van der Waals surface area contributed by atoms with Gasteiger partial charge in [0.05, 0.1) is 17.4 Å². The van der Waals surface area contributed by atoms with Crippen molar-refractivity contribution < 1.29 is 4.39 Å². The Bertz CT molecular complexity index is 1610. The number of H-pyrrole nitrogens is 2. The molecular formula is C25H17FN6. The zero-order chi connectivity index (χ0) is 21.7. The Kier molecular flexibility index (Phi) is 4.07. The molecule has 5 heterocycles. The molecule has 2 N–H and O–H groups in total. The van der Waals surface area contributed by atoms with E-state index in [9.17, 15) is 4.39 Å². The summed E-state index contributed by atoms with van der Waals surface area (Å²) in [4.78, 5) is 16.6. The molecule has 1 aromatic carbocycles. The van der Waals surface area contributed by atoms with Crippen LogP contribution in [-0.4, -0.2) is 30.1 Å². The number of rotatable bonds is 3. The van der Waals surface area contributed by atoms with Gasteiger partial charge < -0.3 is 4.98 Å². The van der Waals surface area contributed by atoms with Gasteiger partial charge in [-0.2, -0.15) is 5.10 Å². The zero-order valence-corrected chi connectivity index (χ0v) is 17.1. The molecule has 5 aromatic heterocycles. The summed E-state index contributed by atoms with van der Waals surface area (Å²) in [7, 11) is 0. The van der Waals surface area contributed by atoms with Crippen LogP contribution in [0.15, 0.2) is 73.4 Å². The van der Waals surface area contributed by atoms with Crippen molar-refractivity contribution in [2.24, 2.45) is 0 Å². The molecule has 154 valence electrons. The molecule has 0 atom stereocenters. The first kappa shape index (κ1) is 18.4. The summed E-state index contributed by atoms with van der Waals surface area (Å²) in [5.74, 6) is -0.280. The Hall–Kier alpha value is -4.39. The van der Waals surface area contributed by atoms with Gasteiger partial charge in [-0.05, 0) is 48.4 Å². The zero-order valence-electron chi connectivity index (χ0n) is 17.1. The van der Waals surface area contributed by atoms with Gasteiger partial charge in [0.25, 0.3) is 0 Å². The van der Waals surface area contributed by atoms with Crippen LogP contribution >= 0.6 is 0 Å². The van der Waals surface area contributed by atoms with Crippen LogP contribution in [0.1, 0.15) is 5.56 Å². The third-order valence-corrected chi connectivity index (χ3v) is 5.70. The number of fused-ring (bicyclic) bond motifs is 2. The second kappa shape index (κ2) is 7.09. The van der Waals surface area contributed by atoms with Crippen molar-refractivity contribution in [2.45, 2.75) is 6.92 Å². The van der Waals surface area contributed by atoms with E-state index in [4.69, 9.17) is 0 Å². The Balaban J connectivity index is 1.52. The quantitative estimate of drug-likeness (QED) is 0.386. The summed E-state index contributed by atoms with van der Waals surface area (Å²) < 4.78 is 13.8. The average Bonchev–Trinajstić information content (AvgIpc) is 3.42. The predicted molar refractivity (Wildman–Crippen MR) is 122 cm³/mol. The summed E-state index contributed by atoms with van der Waals surface area (Å²) in [6.45, 7) is 2.05. The van der Waals surface area contributed by atoms with Crippen molar-refractivity contribution in [1.82, 2.24) is 30.1 Å². The van der Waals surface area contributed by atoms with Crippen LogP contribution in [0.4, 0.5) is 4.39 Å². The van der Waals surface area contributed by atoms with Crippen molar-refractivity contribution in [2.75, 3.05) is 0 Å². The molecule has 0 aliphatic rings. The maximum absolute atomic E-state index is 13.8. The molecule has 6 aromatic rings. The fourth-order valence-electron chi connectivity index (χ4n) is 4.09. The van der Waals surface area contributed by atoms with Gasteiger partial charge in [0.1, 0.15) is 11.5 Å². The summed E-state index contributed by atoms with van der Waals surface area (Å²) in [6, 6.07) is 12.6. The Labute approximate surface area is 182 Å². The lowest BCUT2D eigenvalue weighted by Crippen LogP contribution is -1.87. The minimum atomic E-state index is -0.280. The Morgan fingerprint density at radius 3 is 2.62 bits per heavy atom. The molecule has 0 saturated heterocycles. The van der Waals surface area contributed by atoms with Crippen LogP contribution in [-0.2, 0) is 0 Å². The number of pyridine rings is 3. The number of halogens is 1. The number of nitrogens with zero attached hydrogens (tertiary/aromatic N) is 4. The summed E-state index contributed by atoms with van der Waals surface area (Å²) in [6.07, 6.45) is 8.97. The Morgan fingerprint density at radius 1 is 0.844 bits per heavy atom. The molecule has 0 spiro atoms. The van der Waals surface area contributed by atoms with Crippen LogP contribution in [0.2, 0.25) is 0 Å². The molecule has 0 saturated carbocycles. The number of nitrogens with one attached hydrogen (secondary N) is 2. The van der Waals surface area contributed by atoms with E-state index in [-0.39, 0.29) is 5.82 Å². The number of hydrogen-bond donors (Lipinski definition) is 2. The highest BCUT2D eigenvalue weighted by atomic mass is 19.1. The number of hydrogen-bond acceptors (Lipinski definition) is 4.